The molecule has 0 bridgehead atoms. The number of carboxylic acids is 1. The Labute approximate surface area is 196 Å². The molecule has 2 heterocycles. The van der Waals surface area contributed by atoms with E-state index < -0.39 is 5.97 Å². The first-order chi connectivity index (χ1) is 15.8. The Bertz CT molecular complexity index is 1280. The minimum absolute atomic E-state index is 0.0182. The Hall–Kier alpha value is -3.39. The second kappa shape index (κ2) is 9.62. The first-order valence-electron chi connectivity index (χ1n) is 10.8. The van der Waals surface area contributed by atoms with Crippen LogP contribution in [-0.4, -0.2) is 37.1 Å². The number of carboxylic acid groups (broad SMARTS) is 1. The Balaban J connectivity index is 1.59. The molecule has 0 spiro atoms. The first-order valence-corrected chi connectivity index (χ1v) is 11.2. The molecule has 0 radical (unpaired) electrons. The van der Waals surface area contributed by atoms with Crippen LogP contribution in [0.1, 0.15) is 46.1 Å². The number of rotatable bonds is 9. The minimum atomic E-state index is -0.786. The zero-order valence-corrected chi connectivity index (χ0v) is 19.4. The molecule has 0 amide bonds. The van der Waals surface area contributed by atoms with Crippen molar-refractivity contribution in [2.24, 2.45) is 0 Å². The van der Waals surface area contributed by atoms with Gasteiger partial charge in [0.05, 0.1) is 16.6 Å². The van der Waals surface area contributed by atoms with Crippen LogP contribution in [0.15, 0.2) is 47.1 Å². The van der Waals surface area contributed by atoms with Gasteiger partial charge in [-0.3, -0.25) is 9.48 Å². The van der Waals surface area contributed by atoms with E-state index in [1.54, 1.807) is 12.1 Å². The topological polar surface area (TPSA) is 103 Å². The van der Waals surface area contributed by atoms with Crippen molar-refractivity contribution >= 4 is 28.5 Å². The van der Waals surface area contributed by atoms with Crippen LogP contribution in [0.4, 0.5) is 0 Å². The molecule has 0 saturated heterocycles. The molecule has 2 aromatic heterocycles. The highest BCUT2D eigenvalue weighted by Gasteiger charge is 2.17. The number of hydrogen-bond donors (Lipinski definition) is 1. The maximum absolute atomic E-state index is 10.8. The molecule has 172 valence electrons. The fourth-order valence-electron chi connectivity index (χ4n) is 3.60. The zero-order chi connectivity index (χ0) is 23.5. The largest absolute Gasteiger partial charge is 0.489 e. The number of nitrogens with zero attached hydrogens (tertiary/aromatic N) is 4. The molecule has 0 aliphatic rings. The van der Waals surface area contributed by atoms with Gasteiger partial charge < -0.3 is 14.4 Å². The van der Waals surface area contributed by atoms with Crippen molar-refractivity contribution in [2.45, 2.75) is 52.2 Å². The summed E-state index contributed by atoms with van der Waals surface area (Å²) in [5.74, 6) is 0.623. The molecule has 0 aliphatic heterocycles. The lowest BCUT2D eigenvalue weighted by molar-refractivity contribution is -0.137. The van der Waals surface area contributed by atoms with Gasteiger partial charge in [0.2, 0.25) is 5.82 Å². The lowest BCUT2D eigenvalue weighted by atomic mass is 10.1. The first kappa shape index (κ1) is 22.8. The third-order valence-corrected chi connectivity index (χ3v) is 5.54. The van der Waals surface area contributed by atoms with E-state index in [0.29, 0.717) is 34.5 Å². The van der Waals surface area contributed by atoms with E-state index in [0.717, 1.165) is 22.9 Å². The number of aromatic nitrogens is 4. The highest BCUT2D eigenvalue weighted by Crippen LogP contribution is 2.33. The van der Waals surface area contributed by atoms with Gasteiger partial charge in [-0.1, -0.05) is 28.9 Å². The summed E-state index contributed by atoms with van der Waals surface area (Å²) >= 11 is 6.35. The molecule has 9 heteroatoms. The zero-order valence-electron chi connectivity index (χ0n) is 18.7. The Kier molecular flexibility index (Phi) is 6.65. The van der Waals surface area contributed by atoms with Crippen molar-refractivity contribution in [1.29, 1.82) is 0 Å². The van der Waals surface area contributed by atoms with Gasteiger partial charge in [0.25, 0.3) is 5.89 Å². The minimum Gasteiger partial charge on any atom is -0.489 e. The average molecular weight is 469 g/mol. The van der Waals surface area contributed by atoms with Crippen molar-refractivity contribution in [3.63, 3.8) is 0 Å². The van der Waals surface area contributed by atoms with Crippen molar-refractivity contribution in [1.82, 2.24) is 19.9 Å². The number of halogens is 1. The molecule has 4 rings (SSSR count). The van der Waals surface area contributed by atoms with Crippen molar-refractivity contribution in [2.75, 3.05) is 0 Å². The highest BCUT2D eigenvalue weighted by atomic mass is 35.5. The maximum atomic E-state index is 10.8. The summed E-state index contributed by atoms with van der Waals surface area (Å²) in [6.07, 6.45) is 3.43. The number of hydrogen-bond acceptors (Lipinski definition) is 6. The van der Waals surface area contributed by atoms with Crippen LogP contribution in [0.5, 0.6) is 5.75 Å². The van der Waals surface area contributed by atoms with E-state index in [1.165, 1.54) is 0 Å². The van der Waals surface area contributed by atoms with Gasteiger partial charge in [-0.15, -0.1) is 0 Å². The molecule has 1 N–H and O–H groups in total. The average Bonchev–Trinajstić information content (AvgIpc) is 3.42. The second-order valence-corrected chi connectivity index (χ2v) is 8.62. The van der Waals surface area contributed by atoms with Crippen LogP contribution < -0.4 is 4.74 Å². The second-order valence-electron chi connectivity index (χ2n) is 8.22. The molecule has 0 aliphatic carbocycles. The smallest absolute Gasteiger partial charge is 0.303 e. The molecule has 8 nitrogen and oxygen atoms in total. The van der Waals surface area contributed by atoms with Crippen LogP contribution >= 0.6 is 11.6 Å². The molecule has 0 fully saturated rings. The van der Waals surface area contributed by atoms with Gasteiger partial charge in [-0.25, -0.2) is 0 Å². The fraction of sp³-hybridized carbons (Fsp3) is 0.333. The van der Waals surface area contributed by atoms with E-state index in [1.807, 2.05) is 55.9 Å². The predicted molar refractivity (Wildman–Crippen MR) is 125 cm³/mol. The van der Waals surface area contributed by atoms with Crippen LogP contribution in [0.3, 0.4) is 0 Å². The van der Waals surface area contributed by atoms with Gasteiger partial charge in [-0.2, -0.15) is 10.1 Å². The third kappa shape index (κ3) is 5.17. The van der Waals surface area contributed by atoms with Crippen LogP contribution in [0, 0.1) is 0 Å². The lowest BCUT2D eigenvalue weighted by Gasteiger charge is -2.11. The number of carbonyl (C=O) groups is 1. The maximum Gasteiger partial charge on any atom is 0.303 e. The lowest BCUT2D eigenvalue weighted by Crippen LogP contribution is -2.06. The van der Waals surface area contributed by atoms with E-state index in [2.05, 4.69) is 15.2 Å². The van der Waals surface area contributed by atoms with Gasteiger partial charge in [-0.05, 0) is 57.9 Å². The number of aliphatic carboxylic acids is 1. The summed E-state index contributed by atoms with van der Waals surface area (Å²) in [5, 5.41) is 19.1. The Morgan fingerprint density at radius 2 is 2.06 bits per heavy atom. The molecule has 4 aromatic rings. The number of ether oxygens (including phenoxy) is 1. The van der Waals surface area contributed by atoms with Crippen LogP contribution in [0.2, 0.25) is 5.02 Å². The van der Waals surface area contributed by atoms with Crippen molar-refractivity contribution < 1.29 is 19.2 Å². The van der Waals surface area contributed by atoms with Crippen LogP contribution in [0.25, 0.3) is 33.7 Å². The summed E-state index contributed by atoms with van der Waals surface area (Å²) in [6, 6.07) is 11.2. The summed E-state index contributed by atoms with van der Waals surface area (Å²) in [7, 11) is 0. The third-order valence-electron chi connectivity index (χ3n) is 5.24. The van der Waals surface area contributed by atoms with Crippen molar-refractivity contribution in [3.05, 3.63) is 47.6 Å². The SMILES string of the molecule is CC(C)Oc1ccc(-c2nc(-c3cccc4nn(C(C)CCCC(=O)O)cc34)no2)cc1Cl. The highest BCUT2D eigenvalue weighted by molar-refractivity contribution is 6.32. The normalized spacial score (nSPS) is 12.4. The molecule has 2 aromatic carbocycles. The van der Waals surface area contributed by atoms with Gasteiger partial charge in [0.1, 0.15) is 5.75 Å². The molecular weight excluding hydrogens is 444 g/mol. The standard InChI is InChI=1S/C24H25ClN4O4/c1-14(2)32-21-11-10-16(12-19(21)25)24-26-23(28-33-24)17-7-5-8-20-18(17)13-29(27-20)15(3)6-4-9-22(30)31/h5,7-8,10-15H,4,6,9H2,1-3H3,(H,30,31). The molecular formula is C24H25ClN4O4. The molecule has 33 heavy (non-hydrogen) atoms. The van der Waals surface area contributed by atoms with E-state index in [4.69, 9.17) is 26.0 Å². The van der Waals surface area contributed by atoms with Crippen molar-refractivity contribution in [3.8, 4) is 28.6 Å². The van der Waals surface area contributed by atoms with Gasteiger partial charge in [0.15, 0.2) is 0 Å². The Morgan fingerprint density at radius 3 is 2.79 bits per heavy atom. The van der Waals surface area contributed by atoms with E-state index in [9.17, 15) is 4.79 Å². The fourth-order valence-corrected chi connectivity index (χ4v) is 3.82. The van der Waals surface area contributed by atoms with E-state index >= 15 is 0 Å². The quantitative estimate of drug-likeness (QED) is 0.320. The molecule has 0 saturated carbocycles. The molecule has 1 atom stereocenters. The Morgan fingerprint density at radius 1 is 1.24 bits per heavy atom. The van der Waals surface area contributed by atoms with Gasteiger partial charge >= 0.3 is 5.97 Å². The monoisotopic (exact) mass is 468 g/mol. The van der Waals surface area contributed by atoms with Gasteiger partial charge in [0, 0.05) is 35.2 Å². The number of fused-ring (bicyclic) bond motifs is 1. The van der Waals surface area contributed by atoms with Crippen LogP contribution in [-0.2, 0) is 4.79 Å². The summed E-state index contributed by atoms with van der Waals surface area (Å²) in [6.45, 7) is 5.90. The predicted octanol–water partition coefficient (Wildman–Crippen LogP) is 6.01. The summed E-state index contributed by atoms with van der Waals surface area (Å²) in [4.78, 5) is 15.4. The number of benzene rings is 2. The molecule has 1 unspecified atom stereocenters. The summed E-state index contributed by atoms with van der Waals surface area (Å²) < 4.78 is 13.1. The van der Waals surface area contributed by atoms with E-state index in [-0.39, 0.29) is 18.6 Å². The summed E-state index contributed by atoms with van der Waals surface area (Å²) in [5.41, 5.74) is 2.31.